The van der Waals surface area contributed by atoms with E-state index in [2.05, 4.69) is 0 Å². The minimum Gasteiger partial charge on any atom is -0.493 e. The van der Waals surface area contributed by atoms with Crippen LogP contribution in [0, 0.1) is 18.3 Å². The van der Waals surface area contributed by atoms with Crippen molar-refractivity contribution in [3.8, 4) is 17.6 Å². The van der Waals surface area contributed by atoms with Crippen molar-refractivity contribution >= 4 is 15.9 Å². The first-order chi connectivity index (χ1) is 14.3. The van der Waals surface area contributed by atoms with Gasteiger partial charge in [0.15, 0.2) is 11.5 Å². The van der Waals surface area contributed by atoms with Crippen molar-refractivity contribution < 1.29 is 22.8 Å². The molecule has 8 nitrogen and oxygen atoms in total. The van der Waals surface area contributed by atoms with E-state index in [0.717, 1.165) is 0 Å². The number of rotatable bonds is 10. The monoisotopic (exact) mass is 431 g/mol. The molecule has 0 aliphatic carbocycles. The van der Waals surface area contributed by atoms with Gasteiger partial charge < -0.3 is 14.5 Å². The molecule has 0 aromatic heterocycles. The van der Waals surface area contributed by atoms with E-state index in [9.17, 15) is 13.2 Å². The van der Waals surface area contributed by atoms with Crippen molar-refractivity contribution in [1.29, 1.82) is 5.26 Å². The van der Waals surface area contributed by atoms with Gasteiger partial charge in [0.2, 0.25) is 5.91 Å². The third-order valence-corrected chi connectivity index (χ3v) is 6.15. The minimum absolute atomic E-state index is 0.0350. The number of nitriles is 1. The highest BCUT2D eigenvalue weighted by Crippen LogP contribution is 2.29. The molecule has 0 atom stereocenters. The zero-order valence-corrected chi connectivity index (χ0v) is 18.1. The minimum atomic E-state index is -4.17. The number of methoxy groups -OCH3 is 1. The molecule has 0 fully saturated rings. The molecule has 0 radical (unpaired) electrons. The summed E-state index contributed by atoms with van der Waals surface area (Å²) in [4.78, 5) is 19.9. The molecule has 2 aromatic rings. The molecule has 0 heterocycles. The molecule has 1 amide bonds. The molecule has 160 valence electrons. The third kappa shape index (κ3) is 5.49. The van der Waals surface area contributed by atoms with Gasteiger partial charge in [0, 0.05) is 13.1 Å². The van der Waals surface area contributed by atoms with Crippen molar-refractivity contribution in [2.75, 3.05) is 26.7 Å². The van der Waals surface area contributed by atoms with Crippen LogP contribution in [-0.4, -0.2) is 50.4 Å². The molecule has 0 unspecified atom stereocenters. The number of sulfonamides is 1. The Morgan fingerprint density at radius 2 is 1.73 bits per heavy atom. The van der Waals surface area contributed by atoms with E-state index in [1.807, 2.05) is 6.07 Å². The Kier molecular flexibility index (Phi) is 8.21. The van der Waals surface area contributed by atoms with Gasteiger partial charge in [-0.1, -0.05) is 30.3 Å². The first-order valence-electron chi connectivity index (χ1n) is 9.39. The number of nitrogens with zero attached hydrogens (tertiary/aromatic N) is 3. The van der Waals surface area contributed by atoms with E-state index >= 15 is 0 Å². The van der Waals surface area contributed by atoms with Crippen LogP contribution in [0.1, 0.15) is 18.9 Å². The maximum absolute atomic E-state index is 13.4. The van der Waals surface area contributed by atoms with E-state index in [1.54, 1.807) is 56.3 Å². The van der Waals surface area contributed by atoms with Gasteiger partial charge in [-0.2, -0.15) is 5.26 Å². The van der Waals surface area contributed by atoms with Crippen molar-refractivity contribution in [3.63, 3.8) is 0 Å². The fourth-order valence-corrected chi connectivity index (χ4v) is 4.18. The number of benzene rings is 2. The maximum Gasteiger partial charge on any atom is 0.274 e. The number of amides is 1. The molecule has 0 saturated carbocycles. The number of hydrogen-bond acceptors (Lipinski definition) is 6. The Morgan fingerprint density at radius 1 is 1.10 bits per heavy atom. The first kappa shape index (κ1) is 23.2. The lowest BCUT2D eigenvalue weighted by Gasteiger charge is -2.26. The van der Waals surface area contributed by atoms with Gasteiger partial charge in [-0.15, -0.1) is 0 Å². The van der Waals surface area contributed by atoms with Gasteiger partial charge in [-0.05, 0) is 42.1 Å². The molecule has 0 spiro atoms. The second-order valence-electron chi connectivity index (χ2n) is 6.36. The average molecular weight is 432 g/mol. The second-order valence-corrected chi connectivity index (χ2v) is 8.15. The van der Waals surface area contributed by atoms with Crippen molar-refractivity contribution in [3.05, 3.63) is 54.1 Å². The summed E-state index contributed by atoms with van der Waals surface area (Å²) in [7, 11) is -2.73. The molecule has 0 aliphatic heterocycles. The normalized spacial score (nSPS) is 11.0. The SMILES string of the molecule is CCN(CCC#N)C(=O)CN(Oc1ccccc1OC)S(=O)(=O)c1ccccc1C. The summed E-state index contributed by atoms with van der Waals surface area (Å²) in [6, 6.07) is 15.0. The van der Waals surface area contributed by atoms with Crippen LogP contribution in [0.5, 0.6) is 11.5 Å². The van der Waals surface area contributed by atoms with Crippen LogP contribution in [0.4, 0.5) is 0 Å². The largest absolute Gasteiger partial charge is 0.493 e. The van der Waals surface area contributed by atoms with E-state index in [0.29, 0.717) is 22.3 Å². The average Bonchev–Trinajstić information content (AvgIpc) is 2.74. The predicted octanol–water partition coefficient (Wildman–Crippen LogP) is 2.75. The van der Waals surface area contributed by atoms with Crippen LogP contribution < -0.4 is 9.57 Å². The molecule has 2 rings (SSSR count). The van der Waals surface area contributed by atoms with E-state index in [1.165, 1.54) is 18.1 Å². The van der Waals surface area contributed by atoms with Crippen molar-refractivity contribution in [2.24, 2.45) is 0 Å². The van der Waals surface area contributed by atoms with Crippen LogP contribution in [-0.2, 0) is 14.8 Å². The summed E-state index contributed by atoms with van der Waals surface area (Å²) in [6.45, 7) is 3.43. The number of carbonyl (C=O) groups excluding carboxylic acids is 1. The number of likely N-dealkylation sites (N-methyl/N-ethyl adjacent to an activating group) is 1. The number of para-hydroxylation sites is 2. The predicted molar refractivity (Wildman–Crippen MR) is 111 cm³/mol. The molecule has 2 aromatic carbocycles. The van der Waals surface area contributed by atoms with Gasteiger partial charge in [0.25, 0.3) is 10.0 Å². The van der Waals surface area contributed by atoms with Crippen LogP contribution >= 0.6 is 0 Å². The lowest BCUT2D eigenvalue weighted by molar-refractivity contribution is -0.135. The maximum atomic E-state index is 13.4. The van der Waals surface area contributed by atoms with E-state index < -0.39 is 22.5 Å². The first-order valence-corrected chi connectivity index (χ1v) is 10.8. The zero-order valence-electron chi connectivity index (χ0n) is 17.2. The van der Waals surface area contributed by atoms with Gasteiger partial charge in [0.05, 0.1) is 24.5 Å². The van der Waals surface area contributed by atoms with Gasteiger partial charge in [-0.3, -0.25) is 4.79 Å². The highest BCUT2D eigenvalue weighted by atomic mass is 32.2. The number of hydroxylamine groups is 1. The highest BCUT2D eigenvalue weighted by Gasteiger charge is 2.32. The van der Waals surface area contributed by atoms with Crippen molar-refractivity contribution in [2.45, 2.75) is 25.2 Å². The van der Waals surface area contributed by atoms with Crippen LogP contribution in [0.3, 0.4) is 0 Å². The second kappa shape index (κ2) is 10.6. The smallest absolute Gasteiger partial charge is 0.274 e. The molecule has 30 heavy (non-hydrogen) atoms. The van der Waals surface area contributed by atoms with E-state index in [4.69, 9.17) is 14.8 Å². The van der Waals surface area contributed by atoms with Gasteiger partial charge in [-0.25, -0.2) is 8.42 Å². The fourth-order valence-electron chi connectivity index (χ4n) is 2.78. The summed E-state index contributed by atoms with van der Waals surface area (Å²) in [5.41, 5.74) is 0.524. The van der Waals surface area contributed by atoms with Crippen LogP contribution in [0.25, 0.3) is 0 Å². The summed E-state index contributed by atoms with van der Waals surface area (Å²) in [5.74, 6) is 0.0107. The summed E-state index contributed by atoms with van der Waals surface area (Å²) >= 11 is 0. The highest BCUT2D eigenvalue weighted by molar-refractivity contribution is 7.89. The quantitative estimate of drug-likeness (QED) is 0.536. The Balaban J connectivity index is 2.43. The van der Waals surface area contributed by atoms with E-state index in [-0.39, 0.29) is 23.6 Å². The number of ether oxygens (including phenoxy) is 1. The Hall–Kier alpha value is -3.09. The van der Waals surface area contributed by atoms with Gasteiger partial charge >= 0.3 is 0 Å². The summed E-state index contributed by atoms with van der Waals surface area (Å²) < 4.78 is 32.6. The van der Waals surface area contributed by atoms with Gasteiger partial charge in [0.1, 0.15) is 6.54 Å². The fraction of sp³-hybridized carbons (Fsp3) is 0.333. The Morgan fingerprint density at radius 3 is 2.33 bits per heavy atom. The zero-order chi connectivity index (χ0) is 22.1. The molecular weight excluding hydrogens is 406 g/mol. The Labute approximate surface area is 177 Å². The number of aryl methyl sites for hydroxylation is 1. The number of carbonyl (C=O) groups is 1. The topological polar surface area (TPSA) is 99.9 Å². The standard InChI is InChI=1S/C21H25N3O5S/c1-4-23(15-9-14-22)21(25)16-24(29-19-12-7-6-11-18(19)28-3)30(26,27)20-13-8-5-10-17(20)2/h5-8,10-13H,4,9,15-16H2,1-3H3. The lowest BCUT2D eigenvalue weighted by atomic mass is 10.2. The summed E-state index contributed by atoms with van der Waals surface area (Å²) in [6.07, 6.45) is 0.150. The number of hydrogen-bond donors (Lipinski definition) is 0. The third-order valence-electron chi connectivity index (χ3n) is 4.40. The summed E-state index contributed by atoms with van der Waals surface area (Å²) in [5, 5.41) is 8.80. The molecular formula is C21H25N3O5S. The van der Waals surface area contributed by atoms with Crippen LogP contribution in [0.2, 0.25) is 0 Å². The molecule has 0 aliphatic rings. The molecule has 0 bridgehead atoms. The Bertz CT molecular complexity index is 1020. The van der Waals surface area contributed by atoms with Crippen LogP contribution in [0.15, 0.2) is 53.4 Å². The molecule has 9 heteroatoms. The molecule has 0 saturated heterocycles. The lowest BCUT2D eigenvalue weighted by Crippen LogP contribution is -2.44. The molecule has 0 N–H and O–H groups in total. The van der Waals surface area contributed by atoms with Crippen molar-refractivity contribution in [1.82, 2.24) is 9.37 Å².